The summed E-state index contributed by atoms with van der Waals surface area (Å²) < 4.78 is 0. The van der Waals surface area contributed by atoms with Gasteiger partial charge in [0.25, 0.3) is 0 Å². The Morgan fingerprint density at radius 1 is 1.50 bits per heavy atom. The van der Waals surface area contributed by atoms with Gasteiger partial charge in [0.15, 0.2) is 0 Å². The highest BCUT2D eigenvalue weighted by molar-refractivity contribution is 4.79. The molecule has 72 valence electrons. The zero-order valence-electron chi connectivity index (χ0n) is 8.08. The molecule has 0 bridgehead atoms. The topological polar surface area (TPSA) is 35.5 Å². The minimum Gasteiger partial charge on any atom is -0.395 e. The van der Waals surface area contributed by atoms with Crippen molar-refractivity contribution in [1.29, 1.82) is 0 Å². The molecular formula is C9H20N2O. The summed E-state index contributed by atoms with van der Waals surface area (Å²) in [6.45, 7) is 8.88. The Morgan fingerprint density at radius 2 is 2.17 bits per heavy atom. The molecule has 0 amide bonds. The van der Waals surface area contributed by atoms with E-state index in [0.29, 0.717) is 6.04 Å². The van der Waals surface area contributed by atoms with Crippen LogP contribution in [0.5, 0.6) is 0 Å². The Morgan fingerprint density at radius 3 is 2.50 bits per heavy atom. The van der Waals surface area contributed by atoms with E-state index in [1.165, 1.54) is 0 Å². The molecule has 3 heteroatoms. The lowest BCUT2D eigenvalue weighted by Crippen LogP contribution is -2.50. The molecule has 0 aromatic carbocycles. The van der Waals surface area contributed by atoms with Crippen molar-refractivity contribution in [1.82, 2.24) is 10.2 Å². The molecule has 1 heterocycles. The standard InChI is InChI=1S/C9H20N2O/c1-8(2)11(3-4-12)7-9-5-10-6-9/h8-10,12H,3-7H2,1-2H3. The Hall–Kier alpha value is -0.120. The number of rotatable bonds is 5. The monoisotopic (exact) mass is 172 g/mol. The third-order valence-electron chi connectivity index (χ3n) is 2.48. The minimum absolute atomic E-state index is 0.276. The quantitative estimate of drug-likeness (QED) is 0.608. The highest BCUT2D eigenvalue weighted by Gasteiger charge is 2.20. The van der Waals surface area contributed by atoms with E-state index in [4.69, 9.17) is 5.11 Å². The predicted molar refractivity (Wildman–Crippen MR) is 50.2 cm³/mol. The largest absolute Gasteiger partial charge is 0.395 e. The van der Waals surface area contributed by atoms with Gasteiger partial charge in [0.2, 0.25) is 0 Å². The van der Waals surface area contributed by atoms with Gasteiger partial charge in [0.1, 0.15) is 0 Å². The van der Waals surface area contributed by atoms with Crippen molar-refractivity contribution >= 4 is 0 Å². The maximum absolute atomic E-state index is 8.83. The number of nitrogens with one attached hydrogen (secondary N) is 1. The number of hydrogen-bond donors (Lipinski definition) is 2. The molecule has 1 aliphatic rings. The van der Waals surface area contributed by atoms with Crippen LogP contribution in [0.1, 0.15) is 13.8 Å². The Labute approximate surface area is 74.8 Å². The zero-order chi connectivity index (χ0) is 8.97. The molecule has 12 heavy (non-hydrogen) atoms. The first kappa shape index (κ1) is 9.96. The van der Waals surface area contributed by atoms with Crippen LogP contribution in [0.25, 0.3) is 0 Å². The highest BCUT2D eigenvalue weighted by atomic mass is 16.3. The number of hydrogen-bond acceptors (Lipinski definition) is 3. The average molecular weight is 172 g/mol. The van der Waals surface area contributed by atoms with Crippen molar-refractivity contribution in [2.75, 3.05) is 32.8 Å². The first-order valence-electron chi connectivity index (χ1n) is 4.79. The van der Waals surface area contributed by atoms with Crippen molar-refractivity contribution in [2.24, 2.45) is 5.92 Å². The summed E-state index contributed by atoms with van der Waals surface area (Å²) in [7, 11) is 0. The lowest BCUT2D eigenvalue weighted by molar-refractivity contribution is 0.128. The summed E-state index contributed by atoms with van der Waals surface area (Å²) in [5, 5.41) is 12.1. The average Bonchev–Trinajstić information content (AvgIpc) is 1.93. The first-order chi connectivity index (χ1) is 5.74. The minimum atomic E-state index is 0.276. The fourth-order valence-corrected chi connectivity index (χ4v) is 1.50. The van der Waals surface area contributed by atoms with Crippen LogP contribution in [-0.2, 0) is 0 Å². The van der Waals surface area contributed by atoms with E-state index in [1.807, 2.05) is 0 Å². The van der Waals surface area contributed by atoms with Gasteiger partial charge in [-0.15, -0.1) is 0 Å². The maximum Gasteiger partial charge on any atom is 0.0558 e. The second kappa shape index (κ2) is 4.80. The predicted octanol–water partition coefficient (Wildman–Crippen LogP) is -0.0915. The van der Waals surface area contributed by atoms with Crippen LogP contribution in [-0.4, -0.2) is 48.8 Å². The maximum atomic E-state index is 8.83. The van der Waals surface area contributed by atoms with Crippen LogP contribution >= 0.6 is 0 Å². The summed E-state index contributed by atoms with van der Waals surface area (Å²) in [6.07, 6.45) is 0. The normalized spacial score (nSPS) is 18.8. The molecule has 1 aliphatic heterocycles. The van der Waals surface area contributed by atoms with E-state index in [9.17, 15) is 0 Å². The van der Waals surface area contributed by atoms with Crippen LogP contribution < -0.4 is 5.32 Å². The Kier molecular flexibility index (Phi) is 3.98. The van der Waals surface area contributed by atoms with Gasteiger partial charge in [-0.05, 0) is 19.8 Å². The lowest BCUT2D eigenvalue weighted by Gasteiger charge is -2.35. The van der Waals surface area contributed by atoms with Gasteiger partial charge in [-0.25, -0.2) is 0 Å². The van der Waals surface area contributed by atoms with E-state index in [-0.39, 0.29) is 6.61 Å². The number of nitrogens with zero attached hydrogens (tertiary/aromatic N) is 1. The van der Waals surface area contributed by atoms with E-state index in [0.717, 1.165) is 32.1 Å². The summed E-state index contributed by atoms with van der Waals surface area (Å²) >= 11 is 0. The van der Waals surface area contributed by atoms with Gasteiger partial charge in [0.05, 0.1) is 6.61 Å². The molecule has 1 rings (SSSR count). The molecule has 0 aliphatic carbocycles. The van der Waals surface area contributed by atoms with Crippen molar-refractivity contribution in [2.45, 2.75) is 19.9 Å². The van der Waals surface area contributed by atoms with Crippen molar-refractivity contribution in [3.05, 3.63) is 0 Å². The van der Waals surface area contributed by atoms with Crippen LogP contribution in [0.3, 0.4) is 0 Å². The van der Waals surface area contributed by atoms with Gasteiger partial charge in [0, 0.05) is 32.2 Å². The van der Waals surface area contributed by atoms with Crippen LogP contribution in [0.2, 0.25) is 0 Å². The third-order valence-corrected chi connectivity index (χ3v) is 2.48. The number of aliphatic hydroxyl groups excluding tert-OH is 1. The van der Waals surface area contributed by atoms with Gasteiger partial charge in [-0.3, -0.25) is 4.90 Å². The lowest BCUT2D eigenvalue weighted by atomic mass is 10.0. The molecule has 1 saturated heterocycles. The summed E-state index contributed by atoms with van der Waals surface area (Å²) in [4.78, 5) is 2.34. The van der Waals surface area contributed by atoms with Crippen LogP contribution in [0.15, 0.2) is 0 Å². The fourth-order valence-electron chi connectivity index (χ4n) is 1.50. The van der Waals surface area contributed by atoms with Gasteiger partial charge in [-0.1, -0.05) is 0 Å². The first-order valence-corrected chi connectivity index (χ1v) is 4.79. The summed E-state index contributed by atoms with van der Waals surface area (Å²) in [5.74, 6) is 0.805. The molecule has 0 aromatic heterocycles. The molecule has 0 atom stereocenters. The molecule has 0 aromatic rings. The van der Waals surface area contributed by atoms with E-state index < -0.39 is 0 Å². The second-order valence-corrected chi connectivity index (χ2v) is 3.84. The van der Waals surface area contributed by atoms with Crippen molar-refractivity contribution in [3.63, 3.8) is 0 Å². The highest BCUT2D eigenvalue weighted by Crippen LogP contribution is 2.08. The van der Waals surface area contributed by atoms with Gasteiger partial charge < -0.3 is 10.4 Å². The molecule has 0 radical (unpaired) electrons. The van der Waals surface area contributed by atoms with Crippen molar-refractivity contribution in [3.8, 4) is 0 Å². The van der Waals surface area contributed by atoms with Crippen LogP contribution in [0.4, 0.5) is 0 Å². The molecule has 2 N–H and O–H groups in total. The summed E-state index contributed by atoms with van der Waals surface area (Å²) in [6, 6.07) is 0.553. The fraction of sp³-hybridized carbons (Fsp3) is 1.00. The molecule has 0 saturated carbocycles. The smallest absolute Gasteiger partial charge is 0.0558 e. The number of aliphatic hydroxyl groups is 1. The zero-order valence-corrected chi connectivity index (χ0v) is 8.08. The van der Waals surface area contributed by atoms with Crippen molar-refractivity contribution < 1.29 is 5.11 Å². The van der Waals surface area contributed by atoms with E-state index in [1.54, 1.807) is 0 Å². The summed E-state index contributed by atoms with van der Waals surface area (Å²) in [5.41, 5.74) is 0. The van der Waals surface area contributed by atoms with Gasteiger partial charge >= 0.3 is 0 Å². The molecule has 0 unspecified atom stereocenters. The van der Waals surface area contributed by atoms with Gasteiger partial charge in [-0.2, -0.15) is 0 Å². The molecule has 3 nitrogen and oxygen atoms in total. The third kappa shape index (κ3) is 2.73. The van der Waals surface area contributed by atoms with Crippen LogP contribution in [0, 0.1) is 5.92 Å². The SMILES string of the molecule is CC(C)N(CCO)CC1CNC1. The second-order valence-electron chi connectivity index (χ2n) is 3.84. The Bertz CT molecular complexity index is 124. The Balaban J connectivity index is 2.21. The van der Waals surface area contributed by atoms with E-state index >= 15 is 0 Å². The van der Waals surface area contributed by atoms with E-state index in [2.05, 4.69) is 24.1 Å². The molecular weight excluding hydrogens is 152 g/mol. The molecule has 1 fully saturated rings. The molecule has 0 spiro atoms.